The molecule has 0 unspecified atom stereocenters. The summed E-state index contributed by atoms with van der Waals surface area (Å²) in [5, 5.41) is 0.829. The second kappa shape index (κ2) is 3.77. The van der Waals surface area contributed by atoms with Crippen LogP contribution in [0.2, 0.25) is 0 Å². The average molecular weight is 169 g/mol. The van der Waals surface area contributed by atoms with E-state index in [0.29, 0.717) is 0 Å². The van der Waals surface area contributed by atoms with Crippen LogP contribution in [0.1, 0.15) is 26.2 Å². The molecule has 0 aromatic heterocycles. The highest BCUT2D eigenvalue weighted by atomic mass is 35.5. The first-order valence-corrected chi connectivity index (χ1v) is 4.34. The van der Waals surface area contributed by atoms with Crippen molar-refractivity contribution in [2.24, 2.45) is 0 Å². The van der Waals surface area contributed by atoms with Crippen molar-refractivity contribution in [1.29, 1.82) is 0 Å². The lowest BCUT2D eigenvalue weighted by molar-refractivity contribution is 0.931. The van der Waals surface area contributed by atoms with Gasteiger partial charge in [0.1, 0.15) is 0 Å². The van der Waals surface area contributed by atoms with E-state index in [1.807, 2.05) is 0 Å². The molecule has 0 amide bonds. The van der Waals surface area contributed by atoms with Crippen LogP contribution in [0.25, 0.3) is 0 Å². The molecule has 0 bridgehead atoms. The Balaban J connectivity index is 2.96. The number of hydrogen-bond donors (Lipinski definition) is 0. The maximum Gasteiger partial charge on any atom is 0.0434 e. The molecule has 0 heterocycles. The standard InChI is InChI=1S/C10H13Cl/c1-3-8-6-5-7-9(8)10(11)4-2/h3-4H,2,5-7H2,1H3/b8-3+,10-9+. The highest BCUT2D eigenvalue weighted by Gasteiger charge is 2.14. The summed E-state index contributed by atoms with van der Waals surface area (Å²) < 4.78 is 0. The molecule has 0 radical (unpaired) electrons. The molecule has 0 atom stereocenters. The quantitative estimate of drug-likeness (QED) is 0.559. The predicted molar refractivity (Wildman–Crippen MR) is 50.7 cm³/mol. The van der Waals surface area contributed by atoms with Gasteiger partial charge in [-0.2, -0.15) is 0 Å². The summed E-state index contributed by atoms with van der Waals surface area (Å²) in [7, 11) is 0. The van der Waals surface area contributed by atoms with E-state index in [-0.39, 0.29) is 0 Å². The maximum atomic E-state index is 5.97. The van der Waals surface area contributed by atoms with E-state index in [4.69, 9.17) is 11.6 Å². The molecule has 0 N–H and O–H groups in total. The number of allylic oxidation sites excluding steroid dienone is 5. The Bertz CT molecular complexity index is 221. The van der Waals surface area contributed by atoms with Crippen molar-refractivity contribution < 1.29 is 0 Å². The summed E-state index contributed by atoms with van der Waals surface area (Å²) in [5.41, 5.74) is 2.69. The lowest BCUT2D eigenvalue weighted by Gasteiger charge is -2.00. The Morgan fingerprint density at radius 1 is 1.55 bits per heavy atom. The van der Waals surface area contributed by atoms with Gasteiger partial charge >= 0.3 is 0 Å². The van der Waals surface area contributed by atoms with E-state index >= 15 is 0 Å². The van der Waals surface area contributed by atoms with Gasteiger partial charge in [0.05, 0.1) is 0 Å². The van der Waals surface area contributed by atoms with Gasteiger partial charge in [0.15, 0.2) is 0 Å². The Kier molecular flexibility index (Phi) is 2.95. The molecule has 1 saturated carbocycles. The zero-order valence-electron chi connectivity index (χ0n) is 6.86. The van der Waals surface area contributed by atoms with Gasteiger partial charge in [-0.1, -0.05) is 30.3 Å². The smallest absolute Gasteiger partial charge is 0.0434 e. The molecular formula is C10H13Cl. The lowest BCUT2D eigenvalue weighted by Crippen LogP contribution is -1.80. The van der Waals surface area contributed by atoms with Crippen LogP contribution in [0.3, 0.4) is 0 Å². The van der Waals surface area contributed by atoms with Gasteiger partial charge in [0.25, 0.3) is 0 Å². The van der Waals surface area contributed by atoms with Crippen molar-refractivity contribution in [3.05, 3.63) is 34.9 Å². The summed E-state index contributed by atoms with van der Waals surface area (Å²) in [5.74, 6) is 0. The second-order valence-electron chi connectivity index (χ2n) is 2.70. The largest absolute Gasteiger partial charge is 0.0976 e. The first kappa shape index (κ1) is 8.61. The van der Waals surface area contributed by atoms with Crippen LogP contribution in [-0.4, -0.2) is 0 Å². The van der Waals surface area contributed by atoms with Crippen molar-refractivity contribution in [3.63, 3.8) is 0 Å². The van der Waals surface area contributed by atoms with Crippen molar-refractivity contribution in [3.8, 4) is 0 Å². The van der Waals surface area contributed by atoms with Crippen LogP contribution in [0.5, 0.6) is 0 Å². The third-order valence-corrected chi connectivity index (χ3v) is 2.46. The zero-order chi connectivity index (χ0) is 8.27. The fourth-order valence-electron chi connectivity index (χ4n) is 1.48. The number of halogens is 1. The molecule has 0 nitrogen and oxygen atoms in total. The van der Waals surface area contributed by atoms with Gasteiger partial charge in [-0.05, 0) is 37.3 Å². The molecule has 1 heteroatoms. The monoisotopic (exact) mass is 168 g/mol. The first-order valence-electron chi connectivity index (χ1n) is 3.96. The van der Waals surface area contributed by atoms with Gasteiger partial charge < -0.3 is 0 Å². The predicted octanol–water partition coefficient (Wildman–Crippen LogP) is 3.80. The number of hydrogen-bond acceptors (Lipinski definition) is 0. The van der Waals surface area contributed by atoms with E-state index < -0.39 is 0 Å². The van der Waals surface area contributed by atoms with Crippen LogP contribution >= 0.6 is 11.6 Å². The minimum absolute atomic E-state index is 0.829. The van der Waals surface area contributed by atoms with Crippen molar-refractivity contribution in [2.45, 2.75) is 26.2 Å². The van der Waals surface area contributed by atoms with Crippen LogP contribution in [-0.2, 0) is 0 Å². The minimum atomic E-state index is 0.829. The molecule has 1 aliphatic rings. The van der Waals surface area contributed by atoms with E-state index in [9.17, 15) is 0 Å². The molecule has 0 spiro atoms. The summed E-state index contributed by atoms with van der Waals surface area (Å²) in [6.07, 6.45) is 7.40. The van der Waals surface area contributed by atoms with E-state index in [0.717, 1.165) is 11.5 Å². The van der Waals surface area contributed by atoms with E-state index in [1.165, 1.54) is 24.0 Å². The van der Waals surface area contributed by atoms with Crippen molar-refractivity contribution in [2.75, 3.05) is 0 Å². The summed E-state index contributed by atoms with van der Waals surface area (Å²) >= 11 is 5.97. The van der Waals surface area contributed by atoms with Crippen LogP contribution in [0.4, 0.5) is 0 Å². The van der Waals surface area contributed by atoms with E-state index in [2.05, 4.69) is 19.6 Å². The Morgan fingerprint density at radius 2 is 2.27 bits per heavy atom. The van der Waals surface area contributed by atoms with Crippen molar-refractivity contribution in [1.82, 2.24) is 0 Å². The topological polar surface area (TPSA) is 0 Å². The van der Waals surface area contributed by atoms with Crippen LogP contribution < -0.4 is 0 Å². The first-order chi connectivity index (χ1) is 5.29. The van der Waals surface area contributed by atoms with Crippen molar-refractivity contribution >= 4 is 11.6 Å². The Labute approximate surface area is 73.3 Å². The Hall–Kier alpha value is -0.490. The molecule has 60 valence electrons. The van der Waals surface area contributed by atoms with Gasteiger partial charge in [-0.15, -0.1) is 0 Å². The van der Waals surface area contributed by atoms with Gasteiger partial charge in [0.2, 0.25) is 0 Å². The highest BCUT2D eigenvalue weighted by molar-refractivity contribution is 6.31. The van der Waals surface area contributed by atoms with Crippen LogP contribution in [0, 0.1) is 0 Å². The second-order valence-corrected chi connectivity index (χ2v) is 3.11. The summed E-state index contributed by atoms with van der Waals surface area (Å²) in [6, 6.07) is 0. The normalized spacial score (nSPS) is 25.8. The average Bonchev–Trinajstić information content (AvgIpc) is 2.50. The molecule has 1 aliphatic carbocycles. The maximum absolute atomic E-state index is 5.97. The van der Waals surface area contributed by atoms with Gasteiger partial charge in [-0.3, -0.25) is 0 Å². The molecule has 1 fully saturated rings. The van der Waals surface area contributed by atoms with Crippen LogP contribution in [0.15, 0.2) is 34.9 Å². The third kappa shape index (κ3) is 1.75. The summed E-state index contributed by atoms with van der Waals surface area (Å²) in [4.78, 5) is 0. The summed E-state index contributed by atoms with van der Waals surface area (Å²) in [6.45, 7) is 5.72. The zero-order valence-corrected chi connectivity index (χ0v) is 7.62. The molecular weight excluding hydrogens is 156 g/mol. The fourth-order valence-corrected chi connectivity index (χ4v) is 1.70. The molecule has 1 rings (SSSR count). The minimum Gasteiger partial charge on any atom is -0.0976 e. The fraction of sp³-hybridized carbons (Fsp3) is 0.400. The molecule has 11 heavy (non-hydrogen) atoms. The molecule has 0 saturated heterocycles. The molecule has 0 aliphatic heterocycles. The third-order valence-electron chi connectivity index (χ3n) is 2.08. The van der Waals surface area contributed by atoms with E-state index in [1.54, 1.807) is 6.08 Å². The molecule has 0 aromatic carbocycles. The molecule has 0 aromatic rings. The lowest BCUT2D eigenvalue weighted by atomic mass is 10.1. The highest BCUT2D eigenvalue weighted by Crippen LogP contribution is 2.34. The Morgan fingerprint density at radius 3 is 2.82 bits per heavy atom. The van der Waals surface area contributed by atoms with Gasteiger partial charge in [-0.25, -0.2) is 0 Å². The van der Waals surface area contributed by atoms with Gasteiger partial charge in [0, 0.05) is 5.03 Å². The SMILES string of the molecule is C=C/C(Cl)=C1/CCC/C1=C\C. The number of rotatable bonds is 1.